The van der Waals surface area contributed by atoms with Gasteiger partial charge in [-0.05, 0) is 5.41 Å². The van der Waals surface area contributed by atoms with E-state index in [-0.39, 0.29) is 57.4 Å². The Morgan fingerprint density at radius 2 is 1.54 bits per heavy atom. The van der Waals surface area contributed by atoms with Crippen molar-refractivity contribution in [3.63, 3.8) is 0 Å². The van der Waals surface area contributed by atoms with Gasteiger partial charge < -0.3 is 29.8 Å². The maximum absolute atomic E-state index is 3.32. The molecule has 0 fully saturated rings. The normalized spacial score (nSPS) is 13.1. The molecule has 1 heterocycles. The molecular formula is C19H31Cl2NSiTi. The molecule has 1 nitrogen and oxygen atoms in total. The molecule has 0 aliphatic heterocycles. The number of allylic oxidation sites excluding steroid dienone is 4. The Bertz CT molecular complexity index is 492. The second-order valence-electron chi connectivity index (χ2n) is 8.10. The smallest absolute Gasteiger partial charge is 1.00 e. The Labute approximate surface area is 178 Å². The Kier molecular flexibility index (Phi) is 14.3. The summed E-state index contributed by atoms with van der Waals surface area (Å²) in [6.07, 6.45) is 14.1. The van der Waals surface area contributed by atoms with Crippen molar-refractivity contribution < 1.29 is 46.5 Å². The molecule has 2 rings (SSSR count). The number of nitrogens with one attached hydrogen (secondary N) is 1. The zero-order chi connectivity index (χ0) is 16.3. The van der Waals surface area contributed by atoms with Gasteiger partial charge in [0.05, 0.1) is 0 Å². The maximum Gasteiger partial charge on any atom is 4.00 e. The molecule has 0 bridgehead atoms. The van der Waals surface area contributed by atoms with Crippen LogP contribution in [0.25, 0.3) is 0 Å². The average molecular weight is 420 g/mol. The predicted octanol–water partition coefficient (Wildman–Crippen LogP) is -0.883. The monoisotopic (exact) mass is 419 g/mol. The maximum atomic E-state index is 3.32. The van der Waals surface area contributed by atoms with Crippen LogP contribution in [0.3, 0.4) is 0 Å². The van der Waals surface area contributed by atoms with E-state index >= 15 is 0 Å². The molecule has 0 saturated heterocycles. The molecule has 0 radical (unpaired) electrons. The van der Waals surface area contributed by atoms with Crippen LogP contribution in [0.1, 0.15) is 59.1 Å². The van der Waals surface area contributed by atoms with E-state index in [1.165, 1.54) is 16.3 Å². The number of H-pyrrole nitrogens is 1. The Balaban J connectivity index is -0.000000353. The van der Waals surface area contributed by atoms with Gasteiger partial charge in [-0.1, -0.05) is 60.1 Å². The standard InChI is InChI=1S/C12H20N.C7H11Si.2ClH.Ti/c1-11(2,3)9-7-13-8-10(9)12(4,5)6;1-8(2)7-5-3-4-6-7;;;/h7,13H,1-6H3;3,5,8H,4H2,1-2H3;2*1H;/q2*-1;;;+4/p-2. The molecule has 1 aromatic heterocycles. The zero-order valence-corrected chi connectivity index (χ0v) is 20.5. The van der Waals surface area contributed by atoms with Crippen LogP contribution in [-0.2, 0) is 32.5 Å². The first-order chi connectivity index (χ1) is 9.53. The van der Waals surface area contributed by atoms with Crippen molar-refractivity contribution in [2.24, 2.45) is 0 Å². The van der Waals surface area contributed by atoms with E-state index in [9.17, 15) is 0 Å². The third kappa shape index (κ3) is 9.10. The zero-order valence-electron chi connectivity index (χ0n) is 16.3. The Morgan fingerprint density at radius 3 is 1.79 bits per heavy atom. The Morgan fingerprint density at radius 1 is 1.00 bits per heavy atom. The molecule has 1 aliphatic carbocycles. The first-order valence-electron chi connectivity index (χ1n) is 7.90. The summed E-state index contributed by atoms with van der Waals surface area (Å²) in [7, 11) is -0.504. The average Bonchev–Trinajstić information content (AvgIpc) is 3.00. The summed E-state index contributed by atoms with van der Waals surface area (Å²) in [4.78, 5) is 3.09. The molecular weight excluding hydrogens is 389 g/mol. The molecule has 1 N–H and O–H groups in total. The van der Waals surface area contributed by atoms with Crippen molar-refractivity contribution in [3.8, 4) is 0 Å². The van der Waals surface area contributed by atoms with Gasteiger partial charge in [0.15, 0.2) is 0 Å². The topological polar surface area (TPSA) is 15.8 Å². The SMILES string of the molecule is CC(C)(C)c1[c-][nH]cc1C(C)(C)C.C[SiH](C)C1=[C-]CC=C1.[Cl-].[Cl-].[Ti+4]. The van der Waals surface area contributed by atoms with Gasteiger partial charge in [-0.15, -0.1) is 24.4 Å². The molecule has 1 aromatic rings. The van der Waals surface area contributed by atoms with E-state index in [0.717, 1.165) is 6.42 Å². The van der Waals surface area contributed by atoms with Crippen molar-refractivity contribution in [2.45, 2.75) is 71.9 Å². The number of aromatic amines is 1. The number of rotatable bonds is 1. The summed E-state index contributed by atoms with van der Waals surface area (Å²) < 4.78 is 0. The fraction of sp³-hybridized carbons (Fsp3) is 0.579. The molecule has 1 aliphatic rings. The minimum Gasteiger partial charge on any atom is -1.00 e. The van der Waals surface area contributed by atoms with Crippen LogP contribution < -0.4 is 24.8 Å². The van der Waals surface area contributed by atoms with Crippen molar-refractivity contribution in [1.29, 1.82) is 0 Å². The quantitative estimate of drug-likeness (QED) is 0.449. The van der Waals surface area contributed by atoms with Gasteiger partial charge in [0.2, 0.25) is 0 Å². The number of aromatic nitrogens is 1. The number of halogens is 2. The molecule has 0 amide bonds. The molecule has 0 saturated carbocycles. The summed E-state index contributed by atoms with van der Waals surface area (Å²) >= 11 is 0. The second-order valence-corrected chi connectivity index (χ2v) is 11.0. The van der Waals surface area contributed by atoms with Crippen LogP contribution in [0.15, 0.2) is 23.5 Å². The van der Waals surface area contributed by atoms with Gasteiger partial charge >= 0.3 is 21.7 Å². The minimum absolute atomic E-state index is 0. The molecule has 0 aromatic carbocycles. The fourth-order valence-electron chi connectivity index (χ4n) is 2.32. The van der Waals surface area contributed by atoms with Gasteiger partial charge in [-0.2, -0.15) is 11.6 Å². The third-order valence-corrected chi connectivity index (χ3v) is 5.23. The van der Waals surface area contributed by atoms with Crippen molar-refractivity contribution >= 4 is 8.80 Å². The second kappa shape index (κ2) is 11.8. The van der Waals surface area contributed by atoms with Gasteiger partial charge in [0.25, 0.3) is 0 Å². The summed E-state index contributed by atoms with van der Waals surface area (Å²) in [6, 6.07) is 0. The van der Waals surface area contributed by atoms with E-state index in [2.05, 4.69) is 90.2 Å². The van der Waals surface area contributed by atoms with E-state index in [1.807, 2.05) is 0 Å². The van der Waals surface area contributed by atoms with E-state index < -0.39 is 8.80 Å². The van der Waals surface area contributed by atoms with Crippen molar-refractivity contribution in [3.05, 3.63) is 46.9 Å². The van der Waals surface area contributed by atoms with Gasteiger partial charge in [-0.3, -0.25) is 6.08 Å². The summed E-state index contributed by atoms with van der Waals surface area (Å²) in [6.45, 7) is 18.0. The molecule has 5 heteroatoms. The first-order valence-corrected chi connectivity index (χ1v) is 10.8. The van der Waals surface area contributed by atoms with Crippen molar-refractivity contribution in [2.75, 3.05) is 0 Å². The van der Waals surface area contributed by atoms with Crippen LogP contribution in [0.2, 0.25) is 13.1 Å². The Hall–Kier alpha value is 0.271. The predicted molar refractivity (Wildman–Crippen MR) is 96.4 cm³/mol. The fourth-order valence-corrected chi connectivity index (χ4v) is 3.37. The largest absolute Gasteiger partial charge is 4.00 e. The van der Waals surface area contributed by atoms with Crippen LogP contribution in [0.5, 0.6) is 0 Å². The van der Waals surface area contributed by atoms with Crippen LogP contribution in [0.4, 0.5) is 0 Å². The summed E-state index contributed by atoms with van der Waals surface area (Å²) in [5.74, 6) is 0. The van der Waals surface area contributed by atoms with Crippen LogP contribution >= 0.6 is 0 Å². The van der Waals surface area contributed by atoms with Crippen LogP contribution in [0, 0.1) is 12.3 Å². The van der Waals surface area contributed by atoms with E-state index in [0.29, 0.717) is 0 Å². The molecule has 0 unspecified atom stereocenters. The first kappa shape index (κ1) is 29.0. The van der Waals surface area contributed by atoms with Gasteiger partial charge in [0.1, 0.15) is 0 Å². The molecule has 0 atom stereocenters. The number of hydrogen-bond acceptors (Lipinski definition) is 0. The molecule has 134 valence electrons. The molecule has 24 heavy (non-hydrogen) atoms. The summed E-state index contributed by atoms with van der Waals surface area (Å²) in [5.41, 5.74) is 3.07. The minimum atomic E-state index is -0.504. The molecule has 0 spiro atoms. The van der Waals surface area contributed by atoms with Crippen LogP contribution in [-0.4, -0.2) is 13.8 Å². The van der Waals surface area contributed by atoms with Gasteiger partial charge in [-0.25, -0.2) is 11.3 Å². The van der Waals surface area contributed by atoms with Crippen molar-refractivity contribution in [1.82, 2.24) is 4.98 Å². The van der Waals surface area contributed by atoms with E-state index in [1.54, 1.807) is 0 Å². The number of hydrogen-bond donors (Lipinski definition) is 1. The van der Waals surface area contributed by atoms with Gasteiger partial charge in [0, 0.05) is 8.80 Å². The third-order valence-electron chi connectivity index (χ3n) is 3.58. The van der Waals surface area contributed by atoms with E-state index in [4.69, 9.17) is 0 Å². The summed E-state index contributed by atoms with van der Waals surface area (Å²) in [5, 5.41) is 1.50.